The molecule has 0 unspecified atom stereocenters. The van der Waals surface area contributed by atoms with Crippen molar-refractivity contribution in [3.8, 4) is 22.5 Å². The number of benzene rings is 1. The Kier molecular flexibility index (Phi) is 8.46. The van der Waals surface area contributed by atoms with E-state index in [1.807, 2.05) is 71.7 Å². The van der Waals surface area contributed by atoms with Crippen LogP contribution in [0.15, 0.2) is 84.1 Å². The molecule has 0 aliphatic heterocycles. The van der Waals surface area contributed by atoms with E-state index in [0.29, 0.717) is 0 Å². The molecule has 6 nitrogen and oxygen atoms in total. The van der Waals surface area contributed by atoms with Crippen molar-refractivity contribution in [1.29, 1.82) is 0 Å². The summed E-state index contributed by atoms with van der Waals surface area (Å²) in [5, 5.41) is 12.5. The highest BCUT2D eigenvalue weighted by molar-refractivity contribution is 8.93. The number of anilines is 4. The fourth-order valence-electron chi connectivity index (χ4n) is 2.88. The lowest BCUT2D eigenvalue weighted by molar-refractivity contribution is 1.30. The van der Waals surface area contributed by atoms with Gasteiger partial charge in [0.1, 0.15) is 0 Å². The molecule has 162 valence electrons. The van der Waals surface area contributed by atoms with Crippen molar-refractivity contribution in [3.63, 3.8) is 0 Å². The zero-order chi connectivity index (χ0) is 20.2. The van der Waals surface area contributed by atoms with Crippen LogP contribution < -0.4 is 10.6 Å². The molecular formula is C22H18Br2N6S2. The molecule has 0 spiro atoms. The van der Waals surface area contributed by atoms with Crippen molar-refractivity contribution in [2.75, 3.05) is 10.6 Å². The van der Waals surface area contributed by atoms with Crippen molar-refractivity contribution in [2.45, 2.75) is 0 Å². The molecule has 0 radical (unpaired) electrons. The fourth-order valence-corrected chi connectivity index (χ4v) is 4.36. The highest BCUT2D eigenvalue weighted by atomic mass is 79.9. The molecule has 0 amide bonds. The number of halogens is 2. The zero-order valence-electron chi connectivity index (χ0n) is 16.5. The molecule has 10 heteroatoms. The Morgan fingerprint density at radius 3 is 1.56 bits per heavy atom. The minimum Gasteiger partial charge on any atom is -0.331 e. The third kappa shape index (κ3) is 5.77. The Morgan fingerprint density at radius 1 is 0.625 bits per heavy atom. The first-order valence-corrected chi connectivity index (χ1v) is 11.0. The summed E-state index contributed by atoms with van der Waals surface area (Å²) in [4.78, 5) is 17.6. The van der Waals surface area contributed by atoms with Crippen molar-refractivity contribution < 1.29 is 0 Å². The molecular weight excluding hydrogens is 572 g/mol. The molecule has 2 N–H and O–H groups in total. The van der Waals surface area contributed by atoms with E-state index in [9.17, 15) is 0 Å². The van der Waals surface area contributed by atoms with Gasteiger partial charge in [0.25, 0.3) is 0 Å². The average Bonchev–Trinajstić information content (AvgIpc) is 3.45. The fraction of sp³-hybridized carbons (Fsp3) is 0. The number of nitrogens with one attached hydrogen (secondary N) is 2. The van der Waals surface area contributed by atoms with Gasteiger partial charge in [-0.15, -0.1) is 56.6 Å². The van der Waals surface area contributed by atoms with Crippen LogP contribution in [0.2, 0.25) is 0 Å². The van der Waals surface area contributed by atoms with Crippen molar-refractivity contribution in [3.05, 3.63) is 84.1 Å². The Hall–Kier alpha value is -2.66. The zero-order valence-corrected chi connectivity index (χ0v) is 21.6. The molecule has 4 heterocycles. The highest BCUT2D eigenvalue weighted by Crippen LogP contribution is 2.30. The highest BCUT2D eigenvalue weighted by Gasteiger charge is 2.07. The van der Waals surface area contributed by atoms with Gasteiger partial charge in [-0.2, -0.15) is 0 Å². The van der Waals surface area contributed by atoms with Crippen LogP contribution in [0.25, 0.3) is 22.5 Å². The minimum absolute atomic E-state index is 0. The number of hydrogen-bond donors (Lipinski definition) is 2. The number of thiazole rings is 2. The lowest BCUT2D eigenvalue weighted by Crippen LogP contribution is -1.93. The van der Waals surface area contributed by atoms with E-state index in [4.69, 9.17) is 0 Å². The third-order valence-corrected chi connectivity index (χ3v) is 5.80. The summed E-state index contributed by atoms with van der Waals surface area (Å²) in [6, 6.07) is 15.9. The summed E-state index contributed by atoms with van der Waals surface area (Å²) in [5.74, 6) is 0. The first kappa shape index (κ1) is 24.0. The van der Waals surface area contributed by atoms with Gasteiger partial charge in [-0.05, 0) is 42.5 Å². The Morgan fingerprint density at radius 2 is 1.12 bits per heavy atom. The SMILES string of the molecule is Br.Br.c1cc(Nc2nc(-c3cccnc3)cs2)cc(Nc2nc(-c3cccnc3)cs2)c1. The second-order valence-corrected chi connectivity index (χ2v) is 8.11. The molecule has 0 fully saturated rings. The monoisotopic (exact) mass is 588 g/mol. The first-order valence-electron chi connectivity index (χ1n) is 9.19. The summed E-state index contributed by atoms with van der Waals surface area (Å²) in [6.45, 7) is 0. The van der Waals surface area contributed by atoms with Gasteiger partial charge in [-0.1, -0.05) is 6.07 Å². The molecule has 0 saturated heterocycles. The van der Waals surface area contributed by atoms with Gasteiger partial charge in [-0.25, -0.2) is 9.97 Å². The van der Waals surface area contributed by atoms with Crippen LogP contribution in [0, 0.1) is 0 Å². The maximum atomic E-state index is 4.66. The second-order valence-electron chi connectivity index (χ2n) is 6.39. The average molecular weight is 590 g/mol. The van der Waals surface area contributed by atoms with Gasteiger partial charge in [-0.3, -0.25) is 9.97 Å². The van der Waals surface area contributed by atoms with E-state index >= 15 is 0 Å². The van der Waals surface area contributed by atoms with Crippen LogP contribution in [0.1, 0.15) is 0 Å². The molecule has 5 aromatic rings. The quantitative estimate of drug-likeness (QED) is 0.215. The third-order valence-electron chi connectivity index (χ3n) is 4.29. The van der Waals surface area contributed by atoms with Gasteiger partial charge in [0, 0.05) is 58.0 Å². The molecule has 1 aromatic carbocycles. The van der Waals surface area contributed by atoms with Crippen LogP contribution in [0.5, 0.6) is 0 Å². The van der Waals surface area contributed by atoms with Gasteiger partial charge < -0.3 is 10.6 Å². The summed E-state index contributed by atoms with van der Waals surface area (Å²) in [5.41, 5.74) is 5.74. The summed E-state index contributed by atoms with van der Waals surface area (Å²) in [7, 11) is 0. The minimum atomic E-state index is 0. The van der Waals surface area contributed by atoms with E-state index in [2.05, 4.69) is 30.6 Å². The lowest BCUT2D eigenvalue weighted by atomic mass is 10.2. The maximum Gasteiger partial charge on any atom is 0.187 e. The number of hydrogen-bond acceptors (Lipinski definition) is 8. The van der Waals surface area contributed by atoms with Crippen LogP contribution in [0.3, 0.4) is 0 Å². The second kappa shape index (κ2) is 11.3. The van der Waals surface area contributed by atoms with Crippen molar-refractivity contribution in [1.82, 2.24) is 19.9 Å². The van der Waals surface area contributed by atoms with Gasteiger partial charge in [0.05, 0.1) is 11.4 Å². The molecule has 0 bridgehead atoms. The van der Waals surface area contributed by atoms with Crippen LogP contribution in [-0.2, 0) is 0 Å². The van der Waals surface area contributed by atoms with Crippen molar-refractivity contribution in [2.24, 2.45) is 0 Å². The van der Waals surface area contributed by atoms with E-state index in [0.717, 1.165) is 44.2 Å². The molecule has 32 heavy (non-hydrogen) atoms. The molecule has 0 atom stereocenters. The molecule has 0 saturated carbocycles. The van der Waals surface area contributed by atoms with E-state index in [-0.39, 0.29) is 34.0 Å². The van der Waals surface area contributed by atoms with Crippen LogP contribution >= 0.6 is 56.6 Å². The lowest BCUT2D eigenvalue weighted by Gasteiger charge is -2.07. The van der Waals surface area contributed by atoms with Crippen molar-refractivity contribution >= 4 is 78.3 Å². The van der Waals surface area contributed by atoms with Gasteiger partial charge >= 0.3 is 0 Å². The predicted octanol–water partition coefficient (Wildman–Crippen LogP) is 7.37. The summed E-state index contributed by atoms with van der Waals surface area (Å²) in [6.07, 6.45) is 7.15. The molecule has 5 rings (SSSR count). The molecule has 0 aliphatic rings. The van der Waals surface area contributed by atoms with E-state index in [1.165, 1.54) is 0 Å². The van der Waals surface area contributed by atoms with Crippen LogP contribution in [0.4, 0.5) is 21.6 Å². The Labute approximate surface area is 214 Å². The predicted molar refractivity (Wildman–Crippen MR) is 144 cm³/mol. The standard InChI is InChI=1S/C22H16N6S2.2BrH/c1-6-17(25-21-27-19(13-29-21)15-4-2-8-23-11-15)10-18(7-1)26-22-28-20(14-30-22)16-5-3-9-24-12-16;;/h1-14H,(H,25,27)(H,26,28);2*1H. The maximum absolute atomic E-state index is 4.66. The van der Waals surface area contributed by atoms with E-state index in [1.54, 1.807) is 35.1 Å². The van der Waals surface area contributed by atoms with E-state index < -0.39 is 0 Å². The first-order chi connectivity index (χ1) is 14.8. The summed E-state index contributed by atoms with van der Waals surface area (Å²) >= 11 is 3.13. The number of aromatic nitrogens is 4. The Balaban J connectivity index is 0.00000144. The topological polar surface area (TPSA) is 75.6 Å². The number of nitrogens with zero attached hydrogens (tertiary/aromatic N) is 4. The summed E-state index contributed by atoms with van der Waals surface area (Å²) < 4.78 is 0. The normalized spacial score (nSPS) is 10.0. The number of pyridine rings is 2. The van der Waals surface area contributed by atoms with Gasteiger partial charge in [0.15, 0.2) is 10.3 Å². The molecule has 4 aromatic heterocycles. The Bertz CT molecular complexity index is 1170. The molecule has 0 aliphatic carbocycles. The van der Waals surface area contributed by atoms with Crippen LogP contribution in [-0.4, -0.2) is 19.9 Å². The van der Waals surface area contributed by atoms with Gasteiger partial charge in [0.2, 0.25) is 0 Å². The largest absolute Gasteiger partial charge is 0.331 e. The number of rotatable bonds is 6. The smallest absolute Gasteiger partial charge is 0.187 e.